The quantitative estimate of drug-likeness (QED) is 0.599. The summed E-state index contributed by atoms with van der Waals surface area (Å²) in [5, 5.41) is 8.86. The van der Waals surface area contributed by atoms with E-state index in [0.29, 0.717) is 39.1 Å². The fourth-order valence-electron chi connectivity index (χ4n) is 2.89. The van der Waals surface area contributed by atoms with Crippen molar-refractivity contribution >= 4 is 39.4 Å². The van der Waals surface area contributed by atoms with Gasteiger partial charge in [0.2, 0.25) is 0 Å². The van der Waals surface area contributed by atoms with Crippen LogP contribution in [0.3, 0.4) is 0 Å². The second kappa shape index (κ2) is 6.10. The lowest BCUT2D eigenvalue weighted by atomic mass is 10.1. The van der Waals surface area contributed by atoms with E-state index in [1.165, 1.54) is 15.6 Å². The van der Waals surface area contributed by atoms with E-state index < -0.39 is 0 Å². The van der Waals surface area contributed by atoms with Crippen molar-refractivity contribution in [1.29, 1.82) is 0 Å². The van der Waals surface area contributed by atoms with Crippen LogP contribution in [-0.2, 0) is 0 Å². The number of carbonyl (C=O) groups excluding carboxylic acids is 1. The molecule has 0 amide bonds. The lowest BCUT2D eigenvalue weighted by Crippen LogP contribution is -2.20. The first-order valence-electron chi connectivity index (χ1n) is 8.29. The third-order valence-corrected chi connectivity index (χ3v) is 4.80. The van der Waals surface area contributed by atoms with Gasteiger partial charge in [0.05, 0.1) is 28.2 Å². The third-order valence-electron chi connectivity index (χ3n) is 4.56. The van der Waals surface area contributed by atoms with Crippen LogP contribution in [0.1, 0.15) is 25.1 Å². The number of aromatic nitrogens is 5. The molecule has 0 fully saturated rings. The average molecular weight is 370 g/mol. The van der Waals surface area contributed by atoms with Gasteiger partial charge < -0.3 is 0 Å². The van der Waals surface area contributed by atoms with Crippen LogP contribution in [0.5, 0.6) is 0 Å². The standard InChI is InChI=1S/C18H16ClN5O2/c1-3-10(2)17(25)24-16-13(9-21-24)15-14(8-20-16)18(26)23(22-15)12-6-4-5-11(19)7-12/h4-10,22H,3H2,1-2H3. The fourth-order valence-corrected chi connectivity index (χ4v) is 3.07. The molecule has 7 nitrogen and oxygen atoms in total. The van der Waals surface area contributed by atoms with Gasteiger partial charge in [-0.25, -0.2) is 9.67 Å². The lowest BCUT2D eigenvalue weighted by molar-refractivity contribution is 0.0830. The Hall–Kier alpha value is -2.93. The Labute approximate surface area is 153 Å². The Balaban J connectivity index is 1.95. The summed E-state index contributed by atoms with van der Waals surface area (Å²) >= 11 is 6.03. The SMILES string of the molecule is CCC(C)C(=O)n1ncc2c3[nH]n(-c4cccc(Cl)c4)c(=O)c3cnc21. The molecule has 0 saturated carbocycles. The molecule has 4 rings (SSSR count). The molecule has 3 heterocycles. The molecule has 0 radical (unpaired) electrons. The molecule has 0 aliphatic heterocycles. The molecule has 0 aliphatic rings. The number of nitrogens with one attached hydrogen (secondary N) is 1. The molecule has 26 heavy (non-hydrogen) atoms. The van der Waals surface area contributed by atoms with Crippen molar-refractivity contribution in [3.63, 3.8) is 0 Å². The zero-order valence-corrected chi connectivity index (χ0v) is 15.0. The van der Waals surface area contributed by atoms with Crippen molar-refractivity contribution < 1.29 is 4.79 Å². The highest BCUT2D eigenvalue weighted by atomic mass is 35.5. The van der Waals surface area contributed by atoms with E-state index in [4.69, 9.17) is 11.6 Å². The van der Waals surface area contributed by atoms with E-state index in [2.05, 4.69) is 15.2 Å². The Kier molecular flexibility index (Phi) is 3.88. The summed E-state index contributed by atoms with van der Waals surface area (Å²) < 4.78 is 2.71. The summed E-state index contributed by atoms with van der Waals surface area (Å²) in [6, 6.07) is 6.98. The summed E-state index contributed by atoms with van der Waals surface area (Å²) in [5.41, 5.74) is 1.40. The molecule has 0 spiro atoms. The molecule has 132 valence electrons. The molecule has 0 saturated heterocycles. The van der Waals surface area contributed by atoms with Crippen LogP contribution in [0.25, 0.3) is 27.6 Å². The van der Waals surface area contributed by atoms with E-state index in [1.807, 2.05) is 13.8 Å². The largest absolute Gasteiger partial charge is 0.289 e. The van der Waals surface area contributed by atoms with Gasteiger partial charge in [-0.15, -0.1) is 0 Å². The van der Waals surface area contributed by atoms with Gasteiger partial charge in [-0.05, 0) is 24.6 Å². The number of pyridine rings is 1. The average Bonchev–Trinajstić information content (AvgIpc) is 3.22. The monoisotopic (exact) mass is 369 g/mol. The molecule has 4 aromatic rings. The zero-order valence-electron chi connectivity index (χ0n) is 14.2. The second-order valence-corrected chi connectivity index (χ2v) is 6.66. The van der Waals surface area contributed by atoms with Gasteiger partial charge in [-0.1, -0.05) is 31.5 Å². The summed E-state index contributed by atoms with van der Waals surface area (Å²) in [6.07, 6.45) is 3.74. The van der Waals surface area contributed by atoms with E-state index in [9.17, 15) is 9.59 Å². The highest BCUT2D eigenvalue weighted by molar-refractivity contribution is 6.30. The molecule has 0 bridgehead atoms. The van der Waals surface area contributed by atoms with E-state index >= 15 is 0 Å². The normalized spacial score (nSPS) is 12.7. The summed E-state index contributed by atoms with van der Waals surface area (Å²) in [6.45, 7) is 3.80. The van der Waals surface area contributed by atoms with Crippen LogP contribution in [0.15, 0.2) is 41.5 Å². The first-order valence-corrected chi connectivity index (χ1v) is 8.66. The number of benzene rings is 1. The van der Waals surface area contributed by atoms with Crippen LogP contribution >= 0.6 is 11.6 Å². The maximum absolute atomic E-state index is 12.7. The van der Waals surface area contributed by atoms with Gasteiger partial charge in [-0.3, -0.25) is 14.7 Å². The number of nitrogens with zero attached hydrogens (tertiary/aromatic N) is 4. The third kappa shape index (κ3) is 2.43. The van der Waals surface area contributed by atoms with Crippen molar-refractivity contribution in [2.45, 2.75) is 20.3 Å². The number of rotatable bonds is 3. The number of aromatic amines is 1. The fraction of sp³-hybridized carbons (Fsp3) is 0.222. The van der Waals surface area contributed by atoms with Crippen molar-refractivity contribution in [3.8, 4) is 5.69 Å². The highest BCUT2D eigenvalue weighted by Gasteiger charge is 2.20. The summed E-state index contributed by atoms with van der Waals surface area (Å²) in [5.74, 6) is -0.281. The minimum absolute atomic E-state index is 0.119. The smallest absolute Gasteiger partial charge is 0.280 e. The van der Waals surface area contributed by atoms with Crippen molar-refractivity contribution in [1.82, 2.24) is 24.5 Å². The first kappa shape index (κ1) is 16.5. The van der Waals surface area contributed by atoms with Crippen LogP contribution in [-0.4, -0.2) is 30.5 Å². The number of hydrogen-bond acceptors (Lipinski definition) is 4. The van der Waals surface area contributed by atoms with Gasteiger partial charge in [0.15, 0.2) is 5.65 Å². The minimum atomic E-state index is -0.238. The van der Waals surface area contributed by atoms with Gasteiger partial charge in [0.25, 0.3) is 11.5 Å². The number of carbonyl (C=O) groups is 1. The molecular weight excluding hydrogens is 354 g/mol. The number of hydrogen-bond donors (Lipinski definition) is 1. The Morgan fingerprint density at radius 1 is 1.31 bits per heavy atom. The highest BCUT2D eigenvalue weighted by Crippen LogP contribution is 2.22. The van der Waals surface area contributed by atoms with Crippen LogP contribution in [0.2, 0.25) is 5.02 Å². The van der Waals surface area contributed by atoms with Crippen molar-refractivity contribution in [2.24, 2.45) is 5.92 Å². The minimum Gasteiger partial charge on any atom is -0.289 e. The first-order chi connectivity index (χ1) is 12.5. The summed E-state index contributed by atoms with van der Waals surface area (Å²) in [7, 11) is 0. The predicted octanol–water partition coefficient (Wildman–Crippen LogP) is 3.40. The lowest BCUT2D eigenvalue weighted by Gasteiger charge is -2.07. The number of H-pyrrole nitrogens is 1. The maximum atomic E-state index is 12.7. The van der Waals surface area contributed by atoms with Crippen molar-refractivity contribution in [3.05, 3.63) is 52.0 Å². The van der Waals surface area contributed by atoms with Crippen LogP contribution < -0.4 is 5.56 Å². The molecule has 1 unspecified atom stereocenters. The summed E-state index contributed by atoms with van der Waals surface area (Å²) in [4.78, 5) is 29.5. The van der Waals surface area contributed by atoms with E-state index in [1.54, 1.807) is 30.5 Å². The molecule has 3 aromatic heterocycles. The molecule has 1 N–H and O–H groups in total. The van der Waals surface area contributed by atoms with E-state index in [-0.39, 0.29) is 17.4 Å². The Morgan fingerprint density at radius 2 is 2.12 bits per heavy atom. The Bertz CT molecular complexity index is 1200. The number of fused-ring (bicyclic) bond motifs is 3. The number of halogens is 1. The zero-order chi connectivity index (χ0) is 18.4. The topological polar surface area (TPSA) is 85.6 Å². The van der Waals surface area contributed by atoms with Crippen LogP contribution in [0, 0.1) is 5.92 Å². The van der Waals surface area contributed by atoms with Gasteiger partial charge in [-0.2, -0.15) is 9.78 Å². The van der Waals surface area contributed by atoms with Gasteiger partial charge in [0, 0.05) is 17.1 Å². The molecule has 1 aromatic carbocycles. The molecular formula is C18H16ClN5O2. The van der Waals surface area contributed by atoms with Gasteiger partial charge in [0.1, 0.15) is 0 Å². The molecule has 0 aliphatic carbocycles. The molecule has 1 atom stereocenters. The maximum Gasteiger partial charge on any atom is 0.280 e. The van der Waals surface area contributed by atoms with Crippen molar-refractivity contribution in [2.75, 3.05) is 0 Å². The predicted molar refractivity (Wildman–Crippen MR) is 100 cm³/mol. The molecule has 8 heteroatoms. The Morgan fingerprint density at radius 3 is 2.85 bits per heavy atom. The van der Waals surface area contributed by atoms with Crippen LogP contribution in [0.4, 0.5) is 0 Å². The second-order valence-electron chi connectivity index (χ2n) is 6.22. The van der Waals surface area contributed by atoms with E-state index in [0.717, 1.165) is 0 Å². The van der Waals surface area contributed by atoms with Gasteiger partial charge >= 0.3 is 0 Å².